The third-order valence-electron chi connectivity index (χ3n) is 5.86. The van der Waals surface area contributed by atoms with Crippen LogP contribution in [0.4, 0.5) is 20.2 Å². The van der Waals surface area contributed by atoms with Gasteiger partial charge in [-0.05, 0) is 37.1 Å². The molecule has 2 heterocycles. The quantitative estimate of drug-likeness (QED) is 0.425. The Hall–Kier alpha value is -2.80. The van der Waals surface area contributed by atoms with E-state index >= 15 is 0 Å². The van der Waals surface area contributed by atoms with E-state index < -0.39 is 18.6 Å². The van der Waals surface area contributed by atoms with Crippen LogP contribution < -0.4 is 25.6 Å². The van der Waals surface area contributed by atoms with Gasteiger partial charge in [0.05, 0.1) is 21.5 Å². The van der Waals surface area contributed by atoms with E-state index in [9.17, 15) is 23.2 Å². The van der Waals surface area contributed by atoms with Crippen LogP contribution in [0.2, 0.25) is 4.34 Å². The number of amides is 3. The summed E-state index contributed by atoms with van der Waals surface area (Å²) in [5.41, 5.74) is 0.365. The monoisotopic (exact) mass is 542 g/mol. The zero-order chi connectivity index (χ0) is 25.7. The molecule has 36 heavy (non-hydrogen) atoms. The Labute approximate surface area is 215 Å². The van der Waals surface area contributed by atoms with Gasteiger partial charge in [-0.2, -0.15) is 8.78 Å². The molecule has 0 unspecified atom stereocenters. The van der Waals surface area contributed by atoms with Crippen LogP contribution in [0.5, 0.6) is 5.75 Å². The average molecular weight is 543 g/mol. The number of anilines is 2. The Morgan fingerprint density at radius 2 is 2.06 bits per heavy atom. The number of hydrogen-bond donors (Lipinski definition) is 3. The average Bonchev–Trinajstić information content (AvgIpc) is 3.25. The lowest BCUT2D eigenvalue weighted by atomic mass is 9.92. The molecule has 3 N–H and O–H groups in total. The second-order valence-electron chi connectivity index (χ2n) is 8.31. The van der Waals surface area contributed by atoms with Gasteiger partial charge >= 0.3 is 6.61 Å². The molecule has 1 saturated carbocycles. The number of hydrogen-bond acceptors (Lipinski definition) is 7. The van der Waals surface area contributed by atoms with Gasteiger partial charge < -0.3 is 30.3 Å². The van der Waals surface area contributed by atoms with Gasteiger partial charge in [-0.3, -0.25) is 14.4 Å². The predicted molar refractivity (Wildman–Crippen MR) is 131 cm³/mol. The van der Waals surface area contributed by atoms with Crippen LogP contribution in [0.1, 0.15) is 28.9 Å². The summed E-state index contributed by atoms with van der Waals surface area (Å²) in [7, 11) is 0. The van der Waals surface area contributed by atoms with Crippen LogP contribution in [-0.4, -0.2) is 62.7 Å². The zero-order valence-corrected chi connectivity index (χ0v) is 20.7. The first-order chi connectivity index (χ1) is 17.3. The molecule has 1 aliphatic carbocycles. The summed E-state index contributed by atoms with van der Waals surface area (Å²) in [5.74, 6) is -1.49. The lowest BCUT2D eigenvalue weighted by Crippen LogP contribution is -2.53. The number of nitrogens with one attached hydrogen (secondary N) is 3. The first kappa shape index (κ1) is 26.3. The number of alkyl halides is 2. The summed E-state index contributed by atoms with van der Waals surface area (Å²) in [6, 6.07) is 6.70. The number of ether oxygens (including phenoxy) is 2. The maximum Gasteiger partial charge on any atom is 0.387 e. The third-order valence-corrected chi connectivity index (χ3v) is 7.09. The molecule has 1 aromatic heterocycles. The van der Waals surface area contributed by atoms with Crippen molar-refractivity contribution in [1.29, 1.82) is 0 Å². The van der Waals surface area contributed by atoms with Crippen LogP contribution >= 0.6 is 22.9 Å². The van der Waals surface area contributed by atoms with E-state index in [0.29, 0.717) is 21.5 Å². The first-order valence-corrected chi connectivity index (χ1v) is 12.6. The molecule has 2 aliphatic rings. The van der Waals surface area contributed by atoms with Crippen molar-refractivity contribution in [2.75, 3.05) is 36.5 Å². The summed E-state index contributed by atoms with van der Waals surface area (Å²) in [5, 5.41) is 8.55. The van der Waals surface area contributed by atoms with Crippen molar-refractivity contribution >= 4 is 52.0 Å². The normalized spacial score (nSPS) is 17.0. The second-order valence-corrected chi connectivity index (χ2v) is 10.0. The number of halogens is 3. The van der Waals surface area contributed by atoms with Crippen molar-refractivity contribution in [1.82, 2.24) is 10.6 Å². The van der Waals surface area contributed by atoms with Crippen LogP contribution in [0, 0.1) is 0 Å². The lowest BCUT2D eigenvalue weighted by Gasteiger charge is -2.31. The fraction of sp³-hybridized carbons (Fsp3) is 0.435. The third kappa shape index (κ3) is 6.69. The highest BCUT2D eigenvalue weighted by atomic mass is 35.5. The van der Waals surface area contributed by atoms with E-state index in [1.807, 2.05) is 0 Å². The number of morpholine rings is 1. The van der Waals surface area contributed by atoms with Crippen molar-refractivity contribution in [3.05, 3.63) is 39.5 Å². The van der Waals surface area contributed by atoms with Gasteiger partial charge in [0.1, 0.15) is 12.6 Å². The minimum atomic E-state index is -3.14. The first-order valence-electron chi connectivity index (χ1n) is 11.4. The van der Waals surface area contributed by atoms with Gasteiger partial charge in [-0.25, -0.2) is 0 Å². The maximum absolute atomic E-state index is 13.2. The molecule has 0 bridgehead atoms. The highest BCUT2D eigenvalue weighted by Crippen LogP contribution is 2.32. The van der Waals surface area contributed by atoms with E-state index in [1.165, 1.54) is 23.1 Å². The molecule has 1 aromatic carbocycles. The van der Waals surface area contributed by atoms with Crippen molar-refractivity contribution in [2.24, 2.45) is 0 Å². The van der Waals surface area contributed by atoms with Gasteiger partial charge in [0.2, 0.25) is 5.91 Å². The molecule has 4 rings (SSSR count). The molecule has 2 fully saturated rings. The highest BCUT2D eigenvalue weighted by Gasteiger charge is 2.28. The van der Waals surface area contributed by atoms with Crippen LogP contribution in [0.3, 0.4) is 0 Å². The fourth-order valence-corrected chi connectivity index (χ4v) is 4.75. The minimum absolute atomic E-state index is 0.0153. The number of rotatable bonds is 10. The van der Waals surface area contributed by atoms with Crippen LogP contribution in [-0.2, 0) is 14.3 Å². The molecule has 9 nitrogen and oxygen atoms in total. The Bertz CT molecular complexity index is 1110. The molecule has 0 spiro atoms. The van der Waals surface area contributed by atoms with Gasteiger partial charge in [0.25, 0.3) is 11.8 Å². The Balaban J connectivity index is 1.48. The van der Waals surface area contributed by atoms with E-state index in [1.54, 1.807) is 12.1 Å². The summed E-state index contributed by atoms with van der Waals surface area (Å²) < 4.78 is 36.5. The standard InChI is InChI=1S/C23H25ClF2N4O5S/c24-19-7-6-18(36-19)22(33)27-11-16(28-13-2-1-3-13)21(32)29-15-5-4-14(10-17(15)35-23(25)26)30-8-9-34-12-20(30)31/h4-7,10,13,16,23,28H,1-3,8-9,11-12H2,(H,27,33)(H,29,32)/t16-/m0/s1. The number of thiophene rings is 1. The summed E-state index contributed by atoms with van der Waals surface area (Å²) in [6.45, 7) is -2.70. The van der Waals surface area contributed by atoms with E-state index in [0.717, 1.165) is 30.6 Å². The van der Waals surface area contributed by atoms with Gasteiger partial charge in [-0.1, -0.05) is 18.0 Å². The number of benzene rings is 1. The molecule has 1 aliphatic heterocycles. The molecule has 0 radical (unpaired) electrons. The number of carbonyl (C=O) groups excluding carboxylic acids is 3. The van der Waals surface area contributed by atoms with Gasteiger partial charge in [-0.15, -0.1) is 11.3 Å². The molecule has 1 atom stereocenters. The molecule has 1 saturated heterocycles. The molecule has 194 valence electrons. The molecular weight excluding hydrogens is 518 g/mol. The van der Waals surface area contributed by atoms with Crippen molar-refractivity contribution in [3.8, 4) is 5.75 Å². The Morgan fingerprint density at radius 3 is 2.69 bits per heavy atom. The highest BCUT2D eigenvalue weighted by molar-refractivity contribution is 7.18. The smallest absolute Gasteiger partial charge is 0.387 e. The number of nitrogens with zero attached hydrogens (tertiary/aromatic N) is 1. The zero-order valence-electron chi connectivity index (χ0n) is 19.1. The lowest BCUT2D eigenvalue weighted by molar-refractivity contribution is -0.125. The summed E-state index contributed by atoms with van der Waals surface area (Å²) in [6.07, 6.45) is 2.81. The Morgan fingerprint density at radius 1 is 1.25 bits per heavy atom. The molecule has 2 aromatic rings. The van der Waals surface area contributed by atoms with Gasteiger partial charge in [0, 0.05) is 30.9 Å². The number of carbonyl (C=O) groups is 3. The van der Waals surface area contributed by atoms with E-state index in [-0.39, 0.29) is 49.0 Å². The van der Waals surface area contributed by atoms with Crippen molar-refractivity contribution in [2.45, 2.75) is 38.0 Å². The topological polar surface area (TPSA) is 109 Å². The van der Waals surface area contributed by atoms with Crippen molar-refractivity contribution in [3.63, 3.8) is 0 Å². The maximum atomic E-state index is 13.2. The predicted octanol–water partition coefficient (Wildman–Crippen LogP) is 3.25. The second kappa shape index (κ2) is 12.0. The van der Waals surface area contributed by atoms with Crippen molar-refractivity contribution < 1.29 is 32.6 Å². The Kier molecular flexibility index (Phi) is 8.72. The fourth-order valence-electron chi connectivity index (χ4n) is 3.79. The largest absolute Gasteiger partial charge is 0.433 e. The molecule has 3 amide bonds. The van der Waals surface area contributed by atoms with E-state index in [4.69, 9.17) is 16.3 Å². The summed E-state index contributed by atoms with van der Waals surface area (Å²) >= 11 is 7.01. The summed E-state index contributed by atoms with van der Waals surface area (Å²) in [4.78, 5) is 39.5. The van der Waals surface area contributed by atoms with E-state index in [2.05, 4.69) is 20.7 Å². The molecular formula is C23H25ClF2N4O5S. The SMILES string of the molecule is O=C(NC[C@H](NC1CCC1)C(=O)Nc1ccc(N2CCOCC2=O)cc1OC(F)F)c1ccc(Cl)s1. The van der Waals surface area contributed by atoms with Crippen LogP contribution in [0.15, 0.2) is 30.3 Å². The van der Waals surface area contributed by atoms with Crippen LogP contribution in [0.25, 0.3) is 0 Å². The molecule has 13 heteroatoms. The minimum Gasteiger partial charge on any atom is -0.433 e. The van der Waals surface area contributed by atoms with Gasteiger partial charge in [0.15, 0.2) is 5.75 Å².